The third-order valence-electron chi connectivity index (χ3n) is 3.16. The molecule has 0 amide bonds. The fourth-order valence-electron chi connectivity index (χ4n) is 2.14. The van der Waals surface area contributed by atoms with Crippen LogP contribution in [0.3, 0.4) is 0 Å². The molecule has 0 heterocycles. The largest absolute Gasteiger partial charge is 0.496 e. The summed E-state index contributed by atoms with van der Waals surface area (Å²) in [4.78, 5) is 0. The average Bonchev–Trinajstić information content (AvgIpc) is 2.48. The van der Waals surface area contributed by atoms with Crippen molar-refractivity contribution in [2.45, 2.75) is 19.4 Å². The van der Waals surface area contributed by atoms with Crippen LogP contribution in [0.25, 0.3) is 0 Å². The molecule has 2 nitrogen and oxygen atoms in total. The van der Waals surface area contributed by atoms with Crippen LogP contribution in [0.5, 0.6) is 5.75 Å². The minimum absolute atomic E-state index is 0.937. The van der Waals surface area contributed by atoms with Crippen molar-refractivity contribution in [3.8, 4) is 5.75 Å². The summed E-state index contributed by atoms with van der Waals surface area (Å²) in [6.07, 6.45) is 2.17. The molecule has 2 rings (SSSR count). The molecule has 0 bridgehead atoms. The Kier molecular flexibility index (Phi) is 5.45. The van der Waals surface area contributed by atoms with Gasteiger partial charge in [0.15, 0.2) is 0 Å². The van der Waals surface area contributed by atoms with Crippen LogP contribution < -0.4 is 10.1 Å². The molecule has 0 radical (unpaired) electrons. The Labute approximate surface area is 115 Å². The van der Waals surface area contributed by atoms with E-state index >= 15 is 0 Å². The second-order valence-corrected chi connectivity index (χ2v) is 4.58. The first-order valence-electron chi connectivity index (χ1n) is 6.76. The highest BCUT2D eigenvalue weighted by Gasteiger charge is 2.00. The van der Waals surface area contributed by atoms with E-state index in [2.05, 4.69) is 41.7 Å². The van der Waals surface area contributed by atoms with Crippen molar-refractivity contribution in [1.29, 1.82) is 0 Å². The maximum atomic E-state index is 5.35. The van der Waals surface area contributed by atoms with E-state index < -0.39 is 0 Å². The van der Waals surface area contributed by atoms with Crippen molar-refractivity contribution >= 4 is 0 Å². The predicted molar refractivity (Wildman–Crippen MR) is 79.5 cm³/mol. The Balaban J connectivity index is 1.69. The summed E-state index contributed by atoms with van der Waals surface area (Å²) in [7, 11) is 1.73. The van der Waals surface area contributed by atoms with E-state index in [1.807, 2.05) is 18.2 Å². The molecular weight excluding hydrogens is 234 g/mol. The smallest absolute Gasteiger partial charge is 0.122 e. The molecule has 0 aliphatic carbocycles. The number of hydrogen-bond donors (Lipinski definition) is 1. The summed E-state index contributed by atoms with van der Waals surface area (Å²) < 4.78 is 5.35. The third kappa shape index (κ3) is 4.42. The molecule has 2 aromatic carbocycles. The minimum atomic E-state index is 0.937. The van der Waals surface area contributed by atoms with Gasteiger partial charge in [-0.15, -0.1) is 0 Å². The Morgan fingerprint density at radius 2 is 1.68 bits per heavy atom. The van der Waals surface area contributed by atoms with Gasteiger partial charge in [-0.3, -0.25) is 0 Å². The van der Waals surface area contributed by atoms with Crippen LogP contribution in [0.1, 0.15) is 17.5 Å². The van der Waals surface area contributed by atoms with Crippen LogP contribution in [0.15, 0.2) is 54.6 Å². The highest BCUT2D eigenvalue weighted by Crippen LogP contribution is 2.18. The van der Waals surface area contributed by atoms with Gasteiger partial charge in [0.2, 0.25) is 0 Å². The van der Waals surface area contributed by atoms with Crippen molar-refractivity contribution < 1.29 is 4.74 Å². The van der Waals surface area contributed by atoms with Gasteiger partial charge in [-0.1, -0.05) is 48.5 Å². The quantitative estimate of drug-likeness (QED) is 0.765. The highest BCUT2D eigenvalue weighted by atomic mass is 16.5. The van der Waals surface area contributed by atoms with Crippen molar-refractivity contribution in [3.05, 3.63) is 65.7 Å². The molecule has 100 valence electrons. The average molecular weight is 255 g/mol. The van der Waals surface area contributed by atoms with E-state index in [-0.39, 0.29) is 0 Å². The zero-order chi connectivity index (χ0) is 13.3. The molecule has 0 aromatic heterocycles. The Morgan fingerprint density at radius 1 is 0.947 bits per heavy atom. The summed E-state index contributed by atoms with van der Waals surface area (Å²) in [5, 5.41) is 3.47. The van der Waals surface area contributed by atoms with Gasteiger partial charge in [-0.25, -0.2) is 0 Å². The van der Waals surface area contributed by atoms with Gasteiger partial charge >= 0.3 is 0 Å². The first kappa shape index (κ1) is 13.6. The van der Waals surface area contributed by atoms with Crippen molar-refractivity contribution in [2.24, 2.45) is 0 Å². The summed E-state index contributed by atoms with van der Waals surface area (Å²) in [5.41, 5.74) is 2.62. The Morgan fingerprint density at radius 3 is 2.47 bits per heavy atom. The molecule has 0 unspecified atom stereocenters. The molecule has 0 atom stereocenters. The molecule has 0 fully saturated rings. The van der Waals surface area contributed by atoms with Crippen LogP contribution in [0.4, 0.5) is 0 Å². The molecule has 1 N–H and O–H groups in total. The lowest BCUT2D eigenvalue weighted by Gasteiger charge is -2.08. The van der Waals surface area contributed by atoms with Crippen LogP contribution in [0.2, 0.25) is 0 Å². The SMILES string of the molecule is COc1ccccc1CCCNCc1ccccc1. The number of para-hydroxylation sites is 1. The fourth-order valence-corrected chi connectivity index (χ4v) is 2.14. The molecule has 19 heavy (non-hydrogen) atoms. The van der Waals surface area contributed by atoms with Gasteiger partial charge in [0.1, 0.15) is 5.75 Å². The van der Waals surface area contributed by atoms with Gasteiger partial charge in [0.25, 0.3) is 0 Å². The highest BCUT2D eigenvalue weighted by molar-refractivity contribution is 5.33. The fraction of sp³-hybridized carbons (Fsp3) is 0.294. The maximum Gasteiger partial charge on any atom is 0.122 e. The maximum absolute atomic E-state index is 5.35. The van der Waals surface area contributed by atoms with Crippen LogP contribution >= 0.6 is 0 Å². The summed E-state index contributed by atoms with van der Waals surface area (Å²) in [6, 6.07) is 18.7. The van der Waals surface area contributed by atoms with E-state index in [0.29, 0.717) is 0 Å². The number of aryl methyl sites for hydroxylation is 1. The molecular formula is C17H21NO. The summed E-state index contributed by atoms with van der Waals surface area (Å²) in [5.74, 6) is 0.991. The van der Waals surface area contributed by atoms with Crippen molar-refractivity contribution in [3.63, 3.8) is 0 Å². The monoisotopic (exact) mass is 255 g/mol. The van der Waals surface area contributed by atoms with Crippen LogP contribution in [-0.4, -0.2) is 13.7 Å². The molecule has 0 aliphatic rings. The molecule has 2 aromatic rings. The number of ether oxygens (including phenoxy) is 1. The first-order valence-corrected chi connectivity index (χ1v) is 6.76. The Hall–Kier alpha value is -1.80. The number of nitrogens with one attached hydrogen (secondary N) is 1. The second kappa shape index (κ2) is 7.59. The lowest BCUT2D eigenvalue weighted by atomic mass is 10.1. The summed E-state index contributed by atoms with van der Waals surface area (Å²) >= 11 is 0. The molecule has 0 saturated carbocycles. The lowest BCUT2D eigenvalue weighted by Crippen LogP contribution is -2.15. The predicted octanol–water partition coefficient (Wildman–Crippen LogP) is 3.42. The molecule has 0 aliphatic heterocycles. The van der Waals surface area contributed by atoms with Gasteiger partial charge in [-0.2, -0.15) is 0 Å². The summed E-state index contributed by atoms with van der Waals surface area (Å²) in [6.45, 7) is 1.96. The van der Waals surface area contributed by atoms with E-state index in [1.54, 1.807) is 7.11 Å². The Bertz CT molecular complexity index is 482. The van der Waals surface area contributed by atoms with Gasteiger partial charge < -0.3 is 10.1 Å². The third-order valence-corrected chi connectivity index (χ3v) is 3.16. The van der Waals surface area contributed by atoms with E-state index in [9.17, 15) is 0 Å². The number of methoxy groups -OCH3 is 1. The minimum Gasteiger partial charge on any atom is -0.496 e. The van der Waals surface area contributed by atoms with Crippen LogP contribution in [0, 0.1) is 0 Å². The topological polar surface area (TPSA) is 21.3 Å². The number of benzene rings is 2. The van der Waals surface area contributed by atoms with Gasteiger partial charge in [0.05, 0.1) is 7.11 Å². The normalized spacial score (nSPS) is 10.4. The van der Waals surface area contributed by atoms with Gasteiger partial charge in [-0.05, 0) is 36.6 Å². The second-order valence-electron chi connectivity index (χ2n) is 4.58. The van der Waals surface area contributed by atoms with Crippen molar-refractivity contribution in [2.75, 3.05) is 13.7 Å². The first-order chi connectivity index (χ1) is 9.40. The van der Waals surface area contributed by atoms with Crippen molar-refractivity contribution in [1.82, 2.24) is 5.32 Å². The number of rotatable bonds is 7. The zero-order valence-corrected chi connectivity index (χ0v) is 11.4. The molecule has 2 heteroatoms. The lowest BCUT2D eigenvalue weighted by molar-refractivity contribution is 0.409. The standard InChI is InChI=1S/C17H21NO/c1-19-17-12-6-5-10-16(17)11-7-13-18-14-15-8-3-2-4-9-15/h2-6,8-10,12,18H,7,11,13-14H2,1H3. The van der Waals surface area contributed by atoms with E-state index in [1.165, 1.54) is 11.1 Å². The van der Waals surface area contributed by atoms with Crippen LogP contribution in [-0.2, 0) is 13.0 Å². The molecule has 0 spiro atoms. The van der Waals surface area contributed by atoms with E-state index in [4.69, 9.17) is 4.74 Å². The van der Waals surface area contributed by atoms with Gasteiger partial charge in [0, 0.05) is 6.54 Å². The molecule has 0 saturated heterocycles. The zero-order valence-electron chi connectivity index (χ0n) is 11.4. The van der Waals surface area contributed by atoms with E-state index in [0.717, 1.165) is 31.7 Å². The number of hydrogen-bond acceptors (Lipinski definition) is 2.